The molecule has 31 heavy (non-hydrogen) atoms. The smallest absolute Gasteiger partial charge is 0.309 e. The first-order valence-corrected chi connectivity index (χ1v) is 10.2. The van der Waals surface area contributed by atoms with E-state index in [2.05, 4.69) is 51.9 Å². The molecule has 5 heteroatoms. The molecule has 0 aromatic heterocycles. The molecule has 1 heterocycles. The molecule has 0 bridgehead atoms. The van der Waals surface area contributed by atoms with Crippen LogP contribution in [0.5, 0.6) is 0 Å². The first kappa shape index (κ1) is 20.7. The molecule has 2 aliphatic rings. The van der Waals surface area contributed by atoms with Gasteiger partial charge in [-0.15, -0.1) is 0 Å². The minimum atomic E-state index is -0.258. The van der Waals surface area contributed by atoms with Crippen molar-refractivity contribution < 1.29 is 13.9 Å². The number of benzene rings is 3. The van der Waals surface area contributed by atoms with Gasteiger partial charge in [0, 0.05) is 48.4 Å². The van der Waals surface area contributed by atoms with Crippen molar-refractivity contribution in [1.29, 1.82) is 0 Å². The minimum Gasteiger partial charge on any atom is -0.469 e. The molecule has 0 N–H and O–H groups in total. The maximum Gasteiger partial charge on any atom is 0.309 e. The molecular weight excluding hydrogens is 388 g/mol. The van der Waals surface area contributed by atoms with Gasteiger partial charge in [0.15, 0.2) is 0 Å². The van der Waals surface area contributed by atoms with Crippen molar-refractivity contribution in [1.82, 2.24) is 4.58 Å². The Balaban J connectivity index is 2.10. The number of hydrogen-bond acceptors (Lipinski definition) is 4. The van der Waals surface area contributed by atoms with Crippen LogP contribution in [0.25, 0.3) is 33.4 Å². The molecule has 2 aromatic carbocycles. The molecule has 0 unspecified atom stereocenters. The molecule has 0 saturated heterocycles. The SMILES string of the molecule is COC(=O)Cc1ccccc1-c1c2ccc(=[N+](C)C)cc-2oc2cc(N(C)C)ccc12. The summed E-state index contributed by atoms with van der Waals surface area (Å²) in [6, 6.07) is 20.5. The van der Waals surface area contributed by atoms with Gasteiger partial charge in [-0.25, -0.2) is 4.58 Å². The molecule has 1 aliphatic heterocycles. The number of fused-ring (bicyclic) bond motifs is 2. The second-order valence-electron chi connectivity index (χ2n) is 8.04. The number of hydrogen-bond donors (Lipinski definition) is 0. The van der Waals surface area contributed by atoms with Gasteiger partial charge in [0.1, 0.15) is 25.4 Å². The summed E-state index contributed by atoms with van der Waals surface area (Å²) in [6.07, 6.45) is 0.216. The van der Waals surface area contributed by atoms with Crippen LogP contribution in [0.2, 0.25) is 0 Å². The molecule has 1 aliphatic carbocycles. The topological polar surface area (TPSA) is 45.7 Å². The largest absolute Gasteiger partial charge is 0.469 e. The molecular formula is C26H27N2O3+. The molecule has 0 amide bonds. The lowest BCUT2D eigenvalue weighted by molar-refractivity contribution is -0.139. The van der Waals surface area contributed by atoms with Crippen LogP contribution in [0.1, 0.15) is 5.56 Å². The zero-order chi connectivity index (χ0) is 22.1. The van der Waals surface area contributed by atoms with E-state index >= 15 is 0 Å². The van der Waals surface area contributed by atoms with Crippen LogP contribution in [-0.4, -0.2) is 41.3 Å². The fraction of sp³-hybridized carbons (Fsp3) is 0.231. The Morgan fingerprint density at radius 2 is 1.77 bits per heavy atom. The fourth-order valence-electron chi connectivity index (χ4n) is 3.86. The molecule has 0 spiro atoms. The van der Waals surface area contributed by atoms with Crippen LogP contribution in [-0.2, 0) is 16.0 Å². The van der Waals surface area contributed by atoms with Crippen molar-refractivity contribution in [3.8, 4) is 22.5 Å². The normalized spacial score (nSPS) is 11.0. The highest BCUT2D eigenvalue weighted by Crippen LogP contribution is 2.41. The molecule has 0 saturated carbocycles. The summed E-state index contributed by atoms with van der Waals surface area (Å²) in [5.74, 6) is 0.545. The van der Waals surface area contributed by atoms with Crippen molar-refractivity contribution in [3.63, 3.8) is 0 Å². The monoisotopic (exact) mass is 415 g/mol. The van der Waals surface area contributed by atoms with E-state index in [1.165, 1.54) is 7.11 Å². The van der Waals surface area contributed by atoms with Crippen molar-refractivity contribution in [2.75, 3.05) is 40.2 Å². The Labute approximate surface area is 182 Å². The molecule has 4 rings (SSSR count). The minimum absolute atomic E-state index is 0.216. The van der Waals surface area contributed by atoms with Crippen LogP contribution in [0.3, 0.4) is 0 Å². The first-order valence-electron chi connectivity index (χ1n) is 10.2. The first-order chi connectivity index (χ1) is 14.9. The van der Waals surface area contributed by atoms with Crippen LogP contribution in [0, 0.1) is 0 Å². The summed E-state index contributed by atoms with van der Waals surface area (Å²) in [6.45, 7) is 0. The van der Waals surface area contributed by atoms with Gasteiger partial charge in [0.25, 0.3) is 0 Å². The van der Waals surface area contributed by atoms with Gasteiger partial charge in [-0.1, -0.05) is 24.3 Å². The molecule has 2 aromatic rings. The molecule has 0 atom stereocenters. The van der Waals surface area contributed by atoms with Gasteiger partial charge in [-0.2, -0.15) is 0 Å². The Kier molecular flexibility index (Phi) is 5.51. The van der Waals surface area contributed by atoms with Crippen LogP contribution < -0.4 is 14.8 Å². The van der Waals surface area contributed by atoms with Crippen LogP contribution >= 0.6 is 0 Å². The van der Waals surface area contributed by atoms with E-state index in [1.807, 2.05) is 46.4 Å². The number of rotatable bonds is 4. The van der Waals surface area contributed by atoms with E-state index in [-0.39, 0.29) is 12.4 Å². The van der Waals surface area contributed by atoms with E-state index in [9.17, 15) is 4.79 Å². The third kappa shape index (κ3) is 3.91. The second-order valence-corrected chi connectivity index (χ2v) is 8.04. The zero-order valence-corrected chi connectivity index (χ0v) is 18.6. The van der Waals surface area contributed by atoms with Crippen molar-refractivity contribution >= 4 is 22.6 Å². The predicted molar refractivity (Wildman–Crippen MR) is 125 cm³/mol. The van der Waals surface area contributed by atoms with E-state index in [1.54, 1.807) is 0 Å². The summed E-state index contributed by atoms with van der Waals surface area (Å²) >= 11 is 0. The Bertz CT molecular complexity index is 1310. The fourth-order valence-corrected chi connectivity index (χ4v) is 3.86. The highest BCUT2D eigenvalue weighted by atomic mass is 16.5. The summed E-state index contributed by atoms with van der Waals surface area (Å²) in [7, 11) is 9.47. The van der Waals surface area contributed by atoms with E-state index in [0.29, 0.717) is 0 Å². The van der Waals surface area contributed by atoms with Gasteiger partial charge < -0.3 is 14.1 Å². The number of esters is 1. The number of ether oxygens (including phenoxy) is 1. The van der Waals surface area contributed by atoms with Gasteiger partial charge in [0.2, 0.25) is 5.36 Å². The second kappa shape index (κ2) is 8.26. The lowest BCUT2D eigenvalue weighted by Crippen LogP contribution is -2.21. The number of carbonyl (C=O) groups is 1. The maximum absolute atomic E-state index is 12.1. The highest BCUT2D eigenvalue weighted by molar-refractivity contribution is 6.03. The molecule has 5 nitrogen and oxygen atoms in total. The Hall–Kier alpha value is -3.60. The number of anilines is 1. The van der Waals surface area contributed by atoms with E-state index < -0.39 is 0 Å². The summed E-state index contributed by atoms with van der Waals surface area (Å²) in [4.78, 5) is 14.1. The van der Waals surface area contributed by atoms with Gasteiger partial charge in [0.05, 0.1) is 19.6 Å². The average Bonchev–Trinajstić information content (AvgIpc) is 2.77. The lowest BCUT2D eigenvalue weighted by Gasteiger charge is -2.19. The van der Waals surface area contributed by atoms with Crippen molar-refractivity contribution in [2.24, 2.45) is 0 Å². The number of nitrogens with zero attached hydrogens (tertiary/aromatic N) is 2. The van der Waals surface area contributed by atoms with E-state index in [0.717, 1.165) is 50.0 Å². The zero-order valence-electron chi connectivity index (χ0n) is 18.6. The molecule has 158 valence electrons. The molecule has 0 radical (unpaired) electrons. The maximum atomic E-state index is 12.1. The van der Waals surface area contributed by atoms with Gasteiger partial charge in [-0.05, 0) is 29.3 Å². The quantitative estimate of drug-likeness (QED) is 0.287. The Morgan fingerprint density at radius 1 is 1.00 bits per heavy atom. The highest BCUT2D eigenvalue weighted by Gasteiger charge is 2.21. The number of carbonyl (C=O) groups excluding carboxylic acids is 1. The summed E-state index contributed by atoms with van der Waals surface area (Å²) in [5, 5.41) is 2.07. The van der Waals surface area contributed by atoms with Crippen LogP contribution in [0.15, 0.2) is 65.1 Å². The number of methoxy groups -OCH3 is 1. The summed E-state index contributed by atoms with van der Waals surface area (Å²) in [5.41, 5.74) is 5.87. The van der Waals surface area contributed by atoms with Crippen molar-refractivity contribution in [2.45, 2.75) is 6.42 Å². The van der Waals surface area contributed by atoms with Gasteiger partial charge in [-0.3, -0.25) is 4.79 Å². The van der Waals surface area contributed by atoms with Crippen molar-refractivity contribution in [3.05, 3.63) is 71.6 Å². The lowest BCUT2D eigenvalue weighted by atomic mass is 9.90. The molecule has 0 fully saturated rings. The third-order valence-electron chi connectivity index (χ3n) is 5.57. The van der Waals surface area contributed by atoms with E-state index in [4.69, 9.17) is 9.15 Å². The predicted octanol–water partition coefficient (Wildman–Crippen LogP) is 4.02. The van der Waals surface area contributed by atoms with Crippen LogP contribution in [0.4, 0.5) is 5.69 Å². The average molecular weight is 416 g/mol. The standard InChI is InChI=1S/C26H27N2O3/c1-27(2)18-10-12-21-23(15-18)31-24-16-19(28(3)4)11-13-22(24)26(21)20-9-7-6-8-17(20)14-25(29)30-5/h6-13,15-16H,14H2,1-5H3/q+1. The van der Waals surface area contributed by atoms with Gasteiger partial charge >= 0.3 is 5.97 Å². The summed E-state index contributed by atoms with van der Waals surface area (Å²) < 4.78 is 13.4. The third-order valence-corrected chi connectivity index (χ3v) is 5.57. The Morgan fingerprint density at radius 3 is 2.48 bits per heavy atom.